The summed E-state index contributed by atoms with van der Waals surface area (Å²) in [5.74, 6) is -0.731. The zero-order valence-corrected chi connectivity index (χ0v) is 22.2. The molecular weight excluding hydrogens is 506 g/mol. The molecule has 200 valence electrons. The predicted molar refractivity (Wildman–Crippen MR) is 151 cm³/mol. The summed E-state index contributed by atoms with van der Waals surface area (Å²) in [6, 6.07) is 15.9. The molecule has 0 aliphatic carbocycles. The Bertz CT molecular complexity index is 1940. The van der Waals surface area contributed by atoms with Crippen LogP contribution in [-0.4, -0.2) is 37.3 Å². The zero-order chi connectivity index (χ0) is 27.8. The quantitative estimate of drug-likeness (QED) is 0.259. The topological polar surface area (TPSA) is 115 Å². The molecule has 0 unspecified atom stereocenters. The lowest BCUT2D eigenvalue weighted by molar-refractivity contribution is -0.172. The number of benzene rings is 2. The van der Waals surface area contributed by atoms with E-state index in [0.29, 0.717) is 35.5 Å². The molecule has 8 nitrogen and oxygen atoms in total. The first-order valence-corrected chi connectivity index (χ1v) is 13.4. The number of aliphatic hydroxyl groups excluding tert-OH is 1. The van der Waals surface area contributed by atoms with Crippen molar-refractivity contribution < 1.29 is 19.7 Å². The number of aromatic nitrogens is 3. The molecule has 2 aliphatic rings. The highest BCUT2D eigenvalue weighted by molar-refractivity contribution is 6.09. The minimum atomic E-state index is -1.86. The predicted octanol–water partition coefficient (Wildman–Crippen LogP) is 4.14. The van der Waals surface area contributed by atoms with Crippen LogP contribution in [0.5, 0.6) is 0 Å². The number of hydrogen-bond donors (Lipinski definition) is 2. The van der Waals surface area contributed by atoms with Crippen LogP contribution in [0.4, 0.5) is 0 Å². The number of aliphatic hydroxyl groups is 2. The Morgan fingerprint density at radius 3 is 2.55 bits per heavy atom. The van der Waals surface area contributed by atoms with Crippen molar-refractivity contribution in [2.75, 3.05) is 6.61 Å². The average molecular weight is 534 g/mol. The Morgan fingerprint density at radius 1 is 1.02 bits per heavy atom. The van der Waals surface area contributed by atoms with E-state index in [9.17, 15) is 19.8 Å². The number of esters is 1. The fourth-order valence-corrected chi connectivity index (χ4v) is 6.16. The maximum Gasteiger partial charge on any atom is 0.343 e. The van der Waals surface area contributed by atoms with Gasteiger partial charge in [-0.05, 0) is 60.7 Å². The van der Waals surface area contributed by atoms with Crippen LogP contribution in [0.2, 0.25) is 0 Å². The van der Waals surface area contributed by atoms with Gasteiger partial charge in [-0.25, -0.2) is 9.78 Å². The largest absolute Gasteiger partial charge is 0.458 e. The van der Waals surface area contributed by atoms with E-state index in [-0.39, 0.29) is 25.2 Å². The SMILES string of the molecule is CC[C@@]1(O)C(=O)OCc2c1cc1n(c2=O)Cc2c-1nc1ccc3ncc(-c4ccc(CCO)cc4)cc3c1c2C. The van der Waals surface area contributed by atoms with E-state index in [1.54, 1.807) is 17.6 Å². The Balaban J connectivity index is 1.42. The number of aryl methyl sites for hydroxylation is 1. The molecule has 3 aromatic heterocycles. The van der Waals surface area contributed by atoms with Gasteiger partial charge in [-0.2, -0.15) is 0 Å². The summed E-state index contributed by atoms with van der Waals surface area (Å²) in [7, 11) is 0. The summed E-state index contributed by atoms with van der Waals surface area (Å²) in [4.78, 5) is 35.8. The second kappa shape index (κ2) is 8.81. The number of carbonyl (C=O) groups is 1. The van der Waals surface area contributed by atoms with E-state index < -0.39 is 11.6 Å². The lowest BCUT2D eigenvalue weighted by Gasteiger charge is -2.31. The molecule has 8 heteroatoms. The number of carbonyl (C=O) groups excluding carboxylic acids is 1. The van der Waals surface area contributed by atoms with Crippen molar-refractivity contribution in [1.82, 2.24) is 14.5 Å². The van der Waals surface area contributed by atoms with E-state index in [2.05, 4.69) is 6.07 Å². The van der Waals surface area contributed by atoms with Crippen LogP contribution < -0.4 is 5.56 Å². The number of cyclic esters (lactones) is 1. The van der Waals surface area contributed by atoms with Crippen LogP contribution in [0.15, 0.2) is 59.5 Å². The van der Waals surface area contributed by atoms with Gasteiger partial charge in [-0.1, -0.05) is 31.2 Å². The second-order valence-electron chi connectivity index (χ2n) is 10.6. The van der Waals surface area contributed by atoms with E-state index in [1.807, 2.05) is 49.5 Å². The molecule has 0 spiro atoms. The lowest BCUT2D eigenvalue weighted by Crippen LogP contribution is -2.44. The van der Waals surface area contributed by atoms with Gasteiger partial charge in [0, 0.05) is 40.3 Å². The third-order valence-electron chi connectivity index (χ3n) is 8.48. The summed E-state index contributed by atoms with van der Waals surface area (Å²) >= 11 is 0. The maximum atomic E-state index is 13.6. The smallest absolute Gasteiger partial charge is 0.343 e. The van der Waals surface area contributed by atoms with Crippen molar-refractivity contribution in [1.29, 1.82) is 0 Å². The van der Waals surface area contributed by atoms with E-state index in [0.717, 1.165) is 49.6 Å². The first kappa shape index (κ1) is 24.6. The molecule has 0 radical (unpaired) electrons. The van der Waals surface area contributed by atoms with Gasteiger partial charge < -0.3 is 19.5 Å². The van der Waals surface area contributed by atoms with Gasteiger partial charge in [-0.15, -0.1) is 0 Å². The molecule has 2 N–H and O–H groups in total. The third-order valence-corrected chi connectivity index (χ3v) is 8.48. The zero-order valence-electron chi connectivity index (χ0n) is 22.2. The summed E-state index contributed by atoms with van der Waals surface area (Å²) in [5.41, 5.74) is 6.45. The van der Waals surface area contributed by atoms with Crippen LogP contribution in [0.1, 0.15) is 41.2 Å². The van der Waals surface area contributed by atoms with Gasteiger partial charge in [-0.3, -0.25) is 9.78 Å². The van der Waals surface area contributed by atoms with Gasteiger partial charge in [0.2, 0.25) is 0 Å². The number of pyridine rings is 3. The van der Waals surface area contributed by atoms with Gasteiger partial charge in [0.05, 0.1) is 34.5 Å². The van der Waals surface area contributed by atoms with Crippen LogP contribution >= 0.6 is 0 Å². The molecule has 0 amide bonds. The molecular formula is C32H27N3O5. The number of rotatable bonds is 4. The Labute approximate surface area is 229 Å². The van der Waals surface area contributed by atoms with E-state index in [4.69, 9.17) is 14.7 Å². The molecule has 1 atom stereocenters. The second-order valence-corrected chi connectivity index (χ2v) is 10.6. The van der Waals surface area contributed by atoms with Crippen LogP contribution in [0.3, 0.4) is 0 Å². The average Bonchev–Trinajstić information content (AvgIpc) is 3.35. The fourth-order valence-electron chi connectivity index (χ4n) is 6.16. The number of nitrogens with zero attached hydrogens (tertiary/aromatic N) is 3. The van der Waals surface area contributed by atoms with Crippen molar-refractivity contribution in [2.45, 2.75) is 45.4 Å². The molecule has 0 bridgehead atoms. The summed E-state index contributed by atoms with van der Waals surface area (Å²) in [6.07, 6.45) is 2.58. The Kier molecular flexibility index (Phi) is 5.42. The summed E-state index contributed by atoms with van der Waals surface area (Å²) in [6.45, 7) is 4.05. The molecule has 0 saturated heterocycles. The summed E-state index contributed by atoms with van der Waals surface area (Å²) < 4.78 is 6.86. The lowest BCUT2D eigenvalue weighted by atomic mass is 9.86. The van der Waals surface area contributed by atoms with Crippen molar-refractivity contribution in [3.05, 3.63) is 92.9 Å². The standard InChI is InChI=1S/C32H27N3O5/c1-3-32(39)24-13-27-29-22(15-35(27)30(37)23(24)16-40-31(32)38)17(2)28-21-12-20(14-33-25(21)8-9-26(28)34-29)19-6-4-18(5-7-19)10-11-36/h4-9,12-14,36,39H,3,10-11,15-16H2,1-2H3/t32-/m0/s1. The highest BCUT2D eigenvalue weighted by atomic mass is 16.6. The Hall–Kier alpha value is -4.40. The molecule has 5 heterocycles. The van der Waals surface area contributed by atoms with Gasteiger partial charge in [0.15, 0.2) is 5.60 Å². The molecule has 7 rings (SSSR count). The minimum absolute atomic E-state index is 0.101. The monoisotopic (exact) mass is 533 g/mol. The molecule has 5 aromatic rings. The molecule has 2 aliphatic heterocycles. The van der Waals surface area contributed by atoms with Crippen LogP contribution in [0.25, 0.3) is 44.3 Å². The highest BCUT2D eigenvalue weighted by Gasteiger charge is 2.45. The minimum Gasteiger partial charge on any atom is -0.458 e. The maximum absolute atomic E-state index is 13.6. The molecule has 40 heavy (non-hydrogen) atoms. The normalized spacial score (nSPS) is 17.6. The van der Waals surface area contributed by atoms with Crippen LogP contribution in [-0.2, 0) is 34.7 Å². The number of ether oxygens (including phenoxy) is 1. The van der Waals surface area contributed by atoms with Gasteiger partial charge in [0.25, 0.3) is 5.56 Å². The van der Waals surface area contributed by atoms with Gasteiger partial charge in [0.1, 0.15) is 6.61 Å². The molecule has 2 aromatic carbocycles. The first-order valence-electron chi connectivity index (χ1n) is 13.4. The number of fused-ring (bicyclic) bond motifs is 7. The van der Waals surface area contributed by atoms with E-state index in [1.165, 1.54) is 0 Å². The van der Waals surface area contributed by atoms with Crippen molar-refractivity contribution in [2.24, 2.45) is 0 Å². The first-order chi connectivity index (χ1) is 19.3. The number of hydrogen-bond acceptors (Lipinski definition) is 7. The third kappa shape index (κ3) is 3.39. The van der Waals surface area contributed by atoms with Crippen molar-refractivity contribution in [3.63, 3.8) is 0 Å². The summed E-state index contributed by atoms with van der Waals surface area (Å²) in [5, 5.41) is 22.3. The molecule has 0 saturated carbocycles. The van der Waals surface area contributed by atoms with Crippen molar-refractivity contribution >= 4 is 27.8 Å². The van der Waals surface area contributed by atoms with Gasteiger partial charge >= 0.3 is 5.97 Å². The highest BCUT2D eigenvalue weighted by Crippen LogP contribution is 2.41. The molecule has 0 fully saturated rings. The fraction of sp³-hybridized carbons (Fsp3) is 0.250. The van der Waals surface area contributed by atoms with Crippen LogP contribution in [0, 0.1) is 6.92 Å². The van der Waals surface area contributed by atoms with Crippen molar-refractivity contribution in [3.8, 4) is 22.5 Å². The Morgan fingerprint density at radius 2 is 1.80 bits per heavy atom. The van der Waals surface area contributed by atoms with E-state index >= 15 is 0 Å².